The summed E-state index contributed by atoms with van der Waals surface area (Å²) in [4.78, 5) is 17.1. The van der Waals surface area contributed by atoms with Crippen LogP contribution in [0.15, 0.2) is 65.7 Å². The van der Waals surface area contributed by atoms with Crippen LogP contribution in [0.4, 0.5) is 8.78 Å². The van der Waals surface area contributed by atoms with Crippen molar-refractivity contribution >= 4 is 35.1 Å². The number of guanidine groups is 1. The van der Waals surface area contributed by atoms with Crippen LogP contribution < -0.4 is 22.1 Å². The lowest BCUT2D eigenvalue weighted by Crippen LogP contribution is -2.50. The number of nitrogens with one attached hydrogen (secondary N) is 2. The van der Waals surface area contributed by atoms with Gasteiger partial charge in [-0.25, -0.2) is 13.8 Å². The van der Waals surface area contributed by atoms with Crippen LogP contribution in [-0.4, -0.2) is 18.0 Å². The molecule has 0 aliphatic rings. The van der Waals surface area contributed by atoms with Crippen molar-refractivity contribution in [1.82, 2.24) is 10.6 Å². The van der Waals surface area contributed by atoms with Gasteiger partial charge >= 0.3 is 0 Å². The molecule has 35 heavy (non-hydrogen) atoms. The highest BCUT2D eigenvalue weighted by atomic mass is 35.5. The molecule has 1 amide bonds. The SMILES string of the molecule is Cc1ccc(C(N)CC(N)NC(=NCc2ccc(F)cc2Cl)NC(=O)c2ccc(Cl)c(F)c2)cc1. The first-order valence-corrected chi connectivity index (χ1v) is 11.5. The maximum absolute atomic E-state index is 13.8. The molecule has 3 rings (SSSR count). The number of amides is 1. The standard InChI is InChI=1S/C25H25Cl2F2N5O/c1-14-2-4-15(5-3-14)22(30)12-23(31)33-25(32-13-17-6-8-18(28)11-20(17)27)34-24(35)16-7-9-19(26)21(29)10-16/h2-11,22-23H,12-13,30-31H2,1H3,(H2,32,33,34,35). The van der Waals surface area contributed by atoms with Gasteiger partial charge in [0.25, 0.3) is 5.91 Å². The lowest BCUT2D eigenvalue weighted by molar-refractivity contribution is 0.0975. The molecule has 0 fully saturated rings. The van der Waals surface area contributed by atoms with Crippen molar-refractivity contribution in [3.8, 4) is 0 Å². The summed E-state index contributed by atoms with van der Waals surface area (Å²) in [6.07, 6.45) is -0.360. The van der Waals surface area contributed by atoms with E-state index >= 15 is 0 Å². The molecule has 0 aromatic heterocycles. The smallest absolute Gasteiger partial charge is 0.258 e. The topological polar surface area (TPSA) is 106 Å². The molecule has 0 aliphatic heterocycles. The van der Waals surface area contributed by atoms with Gasteiger partial charge in [-0.1, -0.05) is 59.1 Å². The third-order valence-electron chi connectivity index (χ3n) is 5.17. The number of halogens is 4. The number of rotatable bonds is 7. The summed E-state index contributed by atoms with van der Waals surface area (Å²) < 4.78 is 27.2. The van der Waals surface area contributed by atoms with E-state index in [4.69, 9.17) is 34.7 Å². The van der Waals surface area contributed by atoms with Gasteiger partial charge in [0.05, 0.1) is 17.7 Å². The Kier molecular flexibility index (Phi) is 9.17. The van der Waals surface area contributed by atoms with Gasteiger partial charge in [-0.3, -0.25) is 10.1 Å². The highest BCUT2D eigenvalue weighted by molar-refractivity contribution is 6.31. The van der Waals surface area contributed by atoms with Crippen molar-refractivity contribution in [1.29, 1.82) is 0 Å². The van der Waals surface area contributed by atoms with Crippen LogP contribution in [0.5, 0.6) is 0 Å². The largest absolute Gasteiger partial charge is 0.341 e. The van der Waals surface area contributed by atoms with Crippen molar-refractivity contribution in [3.05, 3.63) is 105 Å². The summed E-state index contributed by atoms with van der Waals surface area (Å²) >= 11 is 11.8. The Hall–Kier alpha value is -3.04. The molecule has 0 saturated heterocycles. The van der Waals surface area contributed by atoms with Gasteiger partial charge in [-0.15, -0.1) is 0 Å². The van der Waals surface area contributed by atoms with E-state index in [2.05, 4.69) is 15.6 Å². The molecule has 6 N–H and O–H groups in total. The molecule has 0 saturated carbocycles. The third-order valence-corrected chi connectivity index (χ3v) is 5.83. The van der Waals surface area contributed by atoms with Gasteiger partial charge in [-0.2, -0.15) is 0 Å². The van der Waals surface area contributed by atoms with Gasteiger partial charge in [-0.05, 0) is 54.8 Å². The Labute approximate surface area is 212 Å². The summed E-state index contributed by atoms with van der Waals surface area (Å²) in [5, 5.41) is 5.60. The Balaban J connectivity index is 1.76. The maximum atomic E-state index is 13.8. The van der Waals surface area contributed by atoms with Crippen molar-refractivity contribution in [2.24, 2.45) is 16.5 Å². The predicted octanol–water partition coefficient (Wildman–Crippen LogP) is 4.83. The van der Waals surface area contributed by atoms with Crippen molar-refractivity contribution in [2.75, 3.05) is 0 Å². The summed E-state index contributed by atoms with van der Waals surface area (Å²) in [5.41, 5.74) is 15.1. The minimum atomic E-state index is -0.732. The van der Waals surface area contributed by atoms with E-state index in [9.17, 15) is 13.6 Å². The van der Waals surface area contributed by atoms with E-state index in [0.29, 0.717) is 12.0 Å². The monoisotopic (exact) mass is 519 g/mol. The molecule has 0 spiro atoms. The fourth-order valence-electron chi connectivity index (χ4n) is 3.21. The lowest BCUT2D eigenvalue weighted by atomic mass is 10.0. The molecule has 10 heteroatoms. The lowest BCUT2D eigenvalue weighted by Gasteiger charge is -2.21. The van der Waals surface area contributed by atoms with Crippen molar-refractivity contribution in [3.63, 3.8) is 0 Å². The van der Waals surface area contributed by atoms with Crippen molar-refractivity contribution in [2.45, 2.75) is 32.1 Å². The Bertz CT molecular complexity index is 1220. The molecular formula is C25H25Cl2F2N5O. The minimum absolute atomic E-state index is 0.0213. The van der Waals surface area contributed by atoms with Gasteiger partial charge in [0, 0.05) is 16.6 Å². The zero-order chi connectivity index (χ0) is 25.5. The molecule has 3 aromatic carbocycles. The first-order chi connectivity index (χ1) is 16.6. The quantitative estimate of drug-likeness (QED) is 0.204. The molecular weight excluding hydrogens is 495 g/mol. The average Bonchev–Trinajstić information content (AvgIpc) is 2.80. The van der Waals surface area contributed by atoms with Crippen molar-refractivity contribution < 1.29 is 13.6 Å². The first kappa shape index (κ1) is 26.6. The van der Waals surface area contributed by atoms with Gasteiger partial charge in [0.1, 0.15) is 11.6 Å². The fraction of sp³-hybridized carbons (Fsp3) is 0.200. The Morgan fingerprint density at radius 2 is 1.71 bits per heavy atom. The number of aliphatic imine (C=N–C) groups is 1. The molecule has 2 atom stereocenters. The Morgan fingerprint density at radius 3 is 2.37 bits per heavy atom. The summed E-state index contributed by atoms with van der Waals surface area (Å²) in [6.45, 7) is 2.00. The van der Waals surface area contributed by atoms with E-state index in [1.165, 1.54) is 30.3 Å². The first-order valence-electron chi connectivity index (χ1n) is 10.7. The van der Waals surface area contributed by atoms with Gasteiger partial charge < -0.3 is 16.8 Å². The molecule has 0 heterocycles. The number of benzene rings is 3. The number of nitrogens with zero attached hydrogens (tertiary/aromatic N) is 1. The maximum Gasteiger partial charge on any atom is 0.258 e. The van der Waals surface area contributed by atoms with Crippen LogP contribution in [0.2, 0.25) is 10.0 Å². The molecule has 0 bridgehead atoms. The second-order valence-corrected chi connectivity index (χ2v) is 8.80. The van der Waals surface area contributed by atoms with Crippen LogP contribution in [0, 0.1) is 18.6 Å². The number of hydrogen-bond donors (Lipinski definition) is 4. The zero-order valence-electron chi connectivity index (χ0n) is 18.9. The normalized spacial score (nSPS) is 13.3. The van der Waals surface area contributed by atoms with E-state index in [0.717, 1.165) is 17.2 Å². The van der Waals surface area contributed by atoms with E-state index in [1.54, 1.807) is 0 Å². The molecule has 184 valence electrons. The second-order valence-electron chi connectivity index (χ2n) is 7.99. The van der Waals surface area contributed by atoms with Crippen LogP contribution in [-0.2, 0) is 6.54 Å². The highest BCUT2D eigenvalue weighted by Crippen LogP contribution is 2.19. The number of aryl methyl sites for hydroxylation is 1. The number of hydrogen-bond acceptors (Lipinski definition) is 4. The van der Waals surface area contributed by atoms with Gasteiger partial charge in [0.2, 0.25) is 0 Å². The molecule has 6 nitrogen and oxygen atoms in total. The molecule has 2 unspecified atom stereocenters. The molecule has 0 radical (unpaired) electrons. The zero-order valence-corrected chi connectivity index (χ0v) is 20.4. The number of carbonyl (C=O) groups excluding carboxylic acids is 1. The highest BCUT2D eigenvalue weighted by Gasteiger charge is 2.16. The second kappa shape index (κ2) is 12.1. The molecule has 3 aromatic rings. The van der Waals surface area contributed by atoms with Crippen LogP contribution in [0.25, 0.3) is 0 Å². The van der Waals surface area contributed by atoms with Gasteiger partial charge in [0.15, 0.2) is 5.96 Å². The summed E-state index contributed by atoms with van der Waals surface area (Å²) in [5.74, 6) is -1.82. The number of carbonyl (C=O) groups is 1. The predicted molar refractivity (Wildman–Crippen MR) is 135 cm³/mol. The Morgan fingerprint density at radius 1 is 1.00 bits per heavy atom. The van der Waals surface area contributed by atoms with Crippen LogP contribution in [0.1, 0.15) is 39.5 Å². The third kappa shape index (κ3) is 7.73. The molecule has 0 aliphatic carbocycles. The fourth-order valence-corrected chi connectivity index (χ4v) is 3.55. The van der Waals surface area contributed by atoms with Crippen LogP contribution >= 0.6 is 23.2 Å². The average molecular weight is 520 g/mol. The minimum Gasteiger partial charge on any atom is -0.341 e. The summed E-state index contributed by atoms with van der Waals surface area (Å²) in [6, 6.07) is 15.0. The van der Waals surface area contributed by atoms with E-state index in [-0.39, 0.29) is 34.2 Å². The van der Waals surface area contributed by atoms with E-state index in [1.807, 2.05) is 31.2 Å². The summed E-state index contributed by atoms with van der Waals surface area (Å²) in [7, 11) is 0. The van der Waals surface area contributed by atoms with E-state index < -0.39 is 23.7 Å². The number of nitrogens with two attached hydrogens (primary N) is 2. The van der Waals surface area contributed by atoms with Crippen LogP contribution in [0.3, 0.4) is 0 Å².